The second kappa shape index (κ2) is 6.80. The fraction of sp³-hybridized carbons (Fsp3) is 0.158. The number of rotatable bonds is 3. The largest absolute Gasteiger partial charge is 0.457 e. The first-order valence-electron chi connectivity index (χ1n) is 7.52. The summed E-state index contributed by atoms with van der Waals surface area (Å²) in [6.45, 7) is 3.66. The Morgan fingerprint density at radius 1 is 1.20 bits per heavy atom. The van der Waals surface area contributed by atoms with Crippen LogP contribution in [0.15, 0.2) is 50.1 Å². The van der Waals surface area contributed by atoms with Gasteiger partial charge in [0, 0.05) is 21.5 Å². The van der Waals surface area contributed by atoms with E-state index in [9.17, 15) is 14.0 Å². The van der Waals surface area contributed by atoms with Crippen molar-refractivity contribution in [2.75, 3.05) is 0 Å². The highest BCUT2D eigenvalue weighted by atomic mass is 79.9. The van der Waals surface area contributed by atoms with Crippen molar-refractivity contribution in [1.29, 1.82) is 0 Å². The number of benzene rings is 2. The average molecular weight is 405 g/mol. The van der Waals surface area contributed by atoms with Crippen LogP contribution in [0.3, 0.4) is 0 Å². The minimum absolute atomic E-state index is 0.0827. The van der Waals surface area contributed by atoms with Gasteiger partial charge in [-0.05, 0) is 59.1 Å². The summed E-state index contributed by atoms with van der Waals surface area (Å²) >= 11 is 3.19. The van der Waals surface area contributed by atoms with Crippen LogP contribution in [0.25, 0.3) is 11.0 Å². The minimum Gasteiger partial charge on any atom is -0.457 e. The van der Waals surface area contributed by atoms with Crippen molar-refractivity contribution in [3.05, 3.63) is 79.4 Å². The Labute approximate surface area is 151 Å². The van der Waals surface area contributed by atoms with Crippen LogP contribution in [0.5, 0.6) is 0 Å². The predicted molar refractivity (Wildman–Crippen MR) is 95.2 cm³/mol. The summed E-state index contributed by atoms with van der Waals surface area (Å²) < 4.78 is 24.3. The third-order valence-corrected chi connectivity index (χ3v) is 4.72. The molecule has 128 valence electrons. The van der Waals surface area contributed by atoms with Crippen LogP contribution in [-0.2, 0) is 11.3 Å². The summed E-state index contributed by atoms with van der Waals surface area (Å²) in [6, 6.07) is 8.79. The van der Waals surface area contributed by atoms with Crippen molar-refractivity contribution in [1.82, 2.24) is 0 Å². The monoisotopic (exact) mass is 404 g/mol. The maximum atomic E-state index is 13.3. The molecule has 2 aromatic carbocycles. The van der Waals surface area contributed by atoms with Gasteiger partial charge in [0.05, 0.1) is 5.56 Å². The normalized spacial score (nSPS) is 10.9. The van der Waals surface area contributed by atoms with E-state index in [1.165, 1.54) is 18.2 Å². The van der Waals surface area contributed by atoms with Crippen molar-refractivity contribution in [2.45, 2.75) is 20.5 Å². The maximum Gasteiger partial charge on any atom is 0.339 e. The molecule has 0 amide bonds. The highest BCUT2D eigenvalue weighted by Crippen LogP contribution is 2.24. The average Bonchev–Trinajstić information content (AvgIpc) is 2.58. The van der Waals surface area contributed by atoms with Crippen LogP contribution in [0.2, 0.25) is 0 Å². The van der Waals surface area contributed by atoms with E-state index in [-0.39, 0.29) is 12.2 Å². The highest BCUT2D eigenvalue weighted by molar-refractivity contribution is 9.10. The fourth-order valence-corrected chi connectivity index (χ4v) is 2.93. The molecule has 6 heteroatoms. The van der Waals surface area contributed by atoms with Crippen molar-refractivity contribution in [3.8, 4) is 0 Å². The summed E-state index contributed by atoms with van der Waals surface area (Å²) in [5, 5.41) is 0.703. The molecule has 0 saturated carbocycles. The van der Waals surface area contributed by atoms with Crippen LogP contribution >= 0.6 is 15.9 Å². The Kier molecular flexibility index (Phi) is 4.72. The molecule has 4 nitrogen and oxygen atoms in total. The van der Waals surface area contributed by atoms with Gasteiger partial charge in [0.25, 0.3) is 0 Å². The van der Waals surface area contributed by atoms with E-state index >= 15 is 0 Å². The Bertz CT molecular complexity index is 1040. The van der Waals surface area contributed by atoms with Crippen molar-refractivity contribution in [2.24, 2.45) is 0 Å². The molecule has 0 radical (unpaired) electrons. The van der Waals surface area contributed by atoms with E-state index in [0.29, 0.717) is 21.0 Å². The SMILES string of the molecule is Cc1ccc2c(COC(=O)c3cc(F)ccc3Br)cc(=O)oc2c1C. The molecule has 25 heavy (non-hydrogen) atoms. The summed E-state index contributed by atoms with van der Waals surface area (Å²) in [5.41, 5.74) is 2.43. The lowest BCUT2D eigenvalue weighted by molar-refractivity contribution is 0.0472. The molecule has 0 bridgehead atoms. The number of carbonyl (C=O) groups excluding carboxylic acids is 1. The zero-order chi connectivity index (χ0) is 18.1. The quantitative estimate of drug-likeness (QED) is 0.470. The molecule has 0 aliphatic carbocycles. The van der Waals surface area contributed by atoms with Crippen molar-refractivity contribution in [3.63, 3.8) is 0 Å². The summed E-state index contributed by atoms with van der Waals surface area (Å²) in [7, 11) is 0. The number of esters is 1. The molecule has 1 heterocycles. The number of carbonyl (C=O) groups is 1. The number of hydrogen-bond acceptors (Lipinski definition) is 4. The summed E-state index contributed by atoms with van der Waals surface area (Å²) in [6.07, 6.45) is 0. The fourth-order valence-electron chi connectivity index (χ4n) is 2.52. The number of halogens is 2. The first-order valence-corrected chi connectivity index (χ1v) is 8.31. The van der Waals surface area contributed by atoms with Gasteiger partial charge in [0.2, 0.25) is 0 Å². The molecule has 0 spiro atoms. The number of fused-ring (bicyclic) bond motifs is 1. The molecule has 0 atom stereocenters. The van der Waals surface area contributed by atoms with Gasteiger partial charge >= 0.3 is 11.6 Å². The molecule has 0 unspecified atom stereocenters. The first-order chi connectivity index (χ1) is 11.9. The second-order valence-corrected chi connectivity index (χ2v) is 6.53. The third kappa shape index (κ3) is 3.49. The van der Waals surface area contributed by atoms with Gasteiger partial charge in [-0.15, -0.1) is 0 Å². The number of ether oxygens (including phenoxy) is 1. The van der Waals surface area contributed by atoms with Crippen LogP contribution in [0.1, 0.15) is 27.0 Å². The Hall–Kier alpha value is -2.47. The minimum atomic E-state index is -0.684. The molecule has 0 aliphatic heterocycles. The maximum absolute atomic E-state index is 13.3. The zero-order valence-corrected chi connectivity index (χ0v) is 15.1. The summed E-state index contributed by atoms with van der Waals surface area (Å²) in [5.74, 6) is -1.22. The Balaban J connectivity index is 1.93. The van der Waals surface area contributed by atoms with Gasteiger partial charge in [0.15, 0.2) is 0 Å². The lowest BCUT2D eigenvalue weighted by atomic mass is 10.0. The molecule has 1 aromatic heterocycles. The van der Waals surface area contributed by atoms with E-state index in [0.717, 1.165) is 17.2 Å². The van der Waals surface area contributed by atoms with Gasteiger partial charge in [-0.25, -0.2) is 14.0 Å². The van der Waals surface area contributed by atoms with Gasteiger partial charge in [-0.1, -0.05) is 12.1 Å². The van der Waals surface area contributed by atoms with E-state index in [1.807, 2.05) is 26.0 Å². The molecule has 0 fully saturated rings. The third-order valence-electron chi connectivity index (χ3n) is 4.02. The Morgan fingerprint density at radius 2 is 1.96 bits per heavy atom. The lowest BCUT2D eigenvalue weighted by Gasteiger charge is -2.10. The lowest BCUT2D eigenvalue weighted by Crippen LogP contribution is -2.09. The molecule has 3 rings (SSSR count). The summed E-state index contributed by atoms with van der Waals surface area (Å²) in [4.78, 5) is 24.0. The zero-order valence-electron chi connectivity index (χ0n) is 13.6. The predicted octanol–water partition coefficient (Wildman–Crippen LogP) is 4.67. The van der Waals surface area contributed by atoms with Crippen LogP contribution < -0.4 is 5.63 Å². The molecular formula is C19H14BrFO4. The van der Waals surface area contributed by atoms with E-state index in [4.69, 9.17) is 9.15 Å². The standard InChI is InChI=1S/C19H14BrFO4/c1-10-3-5-14-12(7-17(22)25-18(14)11(10)2)9-24-19(23)15-8-13(21)4-6-16(15)20/h3-8H,9H2,1-2H3. The number of aryl methyl sites for hydroxylation is 2. The van der Waals surface area contributed by atoms with Gasteiger partial charge in [-0.3, -0.25) is 0 Å². The van der Waals surface area contributed by atoms with E-state index in [2.05, 4.69) is 15.9 Å². The van der Waals surface area contributed by atoms with Gasteiger partial charge in [-0.2, -0.15) is 0 Å². The molecule has 3 aromatic rings. The van der Waals surface area contributed by atoms with Gasteiger partial charge < -0.3 is 9.15 Å². The van der Waals surface area contributed by atoms with Crippen LogP contribution in [-0.4, -0.2) is 5.97 Å². The van der Waals surface area contributed by atoms with Crippen LogP contribution in [0.4, 0.5) is 4.39 Å². The molecular weight excluding hydrogens is 391 g/mol. The molecule has 0 saturated heterocycles. The van der Waals surface area contributed by atoms with Gasteiger partial charge in [0.1, 0.15) is 18.0 Å². The van der Waals surface area contributed by atoms with Crippen molar-refractivity contribution < 1.29 is 18.3 Å². The highest BCUT2D eigenvalue weighted by Gasteiger charge is 2.15. The topological polar surface area (TPSA) is 56.5 Å². The number of hydrogen-bond donors (Lipinski definition) is 0. The van der Waals surface area contributed by atoms with Crippen LogP contribution in [0, 0.1) is 19.7 Å². The molecule has 0 aliphatic rings. The first kappa shape index (κ1) is 17.4. The van der Waals surface area contributed by atoms with Crippen molar-refractivity contribution >= 4 is 32.9 Å². The van der Waals surface area contributed by atoms with E-state index < -0.39 is 17.4 Å². The smallest absolute Gasteiger partial charge is 0.339 e. The molecule has 0 N–H and O–H groups in total. The second-order valence-electron chi connectivity index (χ2n) is 5.68. The van der Waals surface area contributed by atoms with E-state index in [1.54, 1.807) is 0 Å². The Morgan fingerprint density at radius 3 is 2.72 bits per heavy atom.